The van der Waals surface area contributed by atoms with E-state index in [0.29, 0.717) is 24.3 Å². The van der Waals surface area contributed by atoms with E-state index in [9.17, 15) is 0 Å². The highest BCUT2D eigenvalue weighted by molar-refractivity contribution is 5.93. The molecule has 0 unspecified atom stereocenters. The molecule has 0 radical (unpaired) electrons. The number of fused-ring (bicyclic) bond motifs is 1. The lowest BCUT2D eigenvalue weighted by Crippen LogP contribution is -2.10. The molecule has 7 nitrogen and oxygen atoms in total. The fourth-order valence-electron chi connectivity index (χ4n) is 2.63. The summed E-state index contributed by atoms with van der Waals surface area (Å²) < 4.78 is 5.23. The Morgan fingerprint density at radius 2 is 1.69 bits per heavy atom. The van der Waals surface area contributed by atoms with Crippen molar-refractivity contribution < 1.29 is 4.52 Å². The molecular weight excluding hydrogens is 328 g/mol. The molecule has 0 aliphatic heterocycles. The Morgan fingerprint density at radius 1 is 0.923 bits per heavy atom. The summed E-state index contributed by atoms with van der Waals surface area (Å²) in [5.41, 5.74) is 2.81. The third-order valence-electron chi connectivity index (χ3n) is 3.91. The van der Waals surface area contributed by atoms with Crippen LogP contribution in [0.3, 0.4) is 0 Å². The Kier molecular flexibility index (Phi) is 4.18. The van der Waals surface area contributed by atoms with Gasteiger partial charge in [-0.3, -0.25) is 0 Å². The van der Waals surface area contributed by atoms with Gasteiger partial charge in [0.05, 0.1) is 17.8 Å². The van der Waals surface area contributed by atoms with Crippen molar-refractivity contribution in [3.05, 3.63) is 60.5 Å². The van der Waals surface area contributed by atoms with Gasteiger partial charge < -0.3 is 14.7 Å². The summed E-state index contributed by atoms with van der Waals surface area (Å²) in [4.78, 5) is 15.4. The summed E-state index contributed by atoms with van der Waals surface area (Å²) in [6.07, 6.45) is 0. The maximum Gasteiger partial charge on any atom is 0.265 e. The summed E-state index contributed by atoms with van der Waals surface area (Å²) in [5.74, 6) is 1.53. The predicted molar refractivity (Wildman–Crippen MR) is 101 cm³/mol. The molecule has 2 aromatic heterocycles. The van der Waals surface area contributed by atoms with Crippen LogP contribution in [0.15, 0.2) is 59.1 Å². The molecule has 7 heteroatoms. The SMILES string of the molecule is CN(C)c1noc(CNc2nc(-c3ccccc3)c3ccccc3n2)n1. The standard InChI is InChI=1S/C19H18N6O/c1-25(2)19-22-16(26-24-19)12-20-18-21-15-11-7-6-10-14(15)17(23-18)13-8-4-3-5-9-13/h3-11H,12H2,1-2H3,(H,20,21,23). The van der Waals surface area contributed by atoms with Crippen LogP contribution in [0.5, 0.6) is 0 Å². The Hall–Kier alpha value is -3.48. The summed E-state index contributed by atoms with van der Waals surface area (Å²) in [5, 5.41) is 8.09. The number of rotatable bonds is 5. The van der Waals surface area contributed by atoms with Crippen molar-refractivity contribution in [2.75, 3.05) is 24.3 Å². The van der Waals surface area contributed by atoms with Crippen LogP contribution in [0.25, 0.3) is 22.2 Å². The third-order valence-corrected chi connectivity index (χ3v) is 3.91. The van der Waals surface area contributed by atoms with Crippen LogP contribution in [-0.4, -0.2) is 34.2 Å². The van der Waals surface area contributed by atoms with Crippen molar-refractivity contribution >= 4 is 22.8 Å². The highest BCUT2D eigenvalue weighted by atomic mass is 16.5. The van der Waals surface area contributed by atoms with Gasteiger partial charge in [0.2, 0.25) is 11.8 Å². The van der Waals surface area contributed by atoms with Gasteiger partial charge in [0.25, 0.3) is 5.95 Å². The van der Waals surface area contributed by atoms with E-state index >= 15 is 0 Å². The normalized spacial score (nSPS) is 10.8. The first kappa shape index (κ1) is 16.0. The van der Waals surface area contributed by atoms with Crippen LogP contribution in [-0.2, 0) is 6.54 Å². The van der Waals surface area contributed by atoms with Gasteiger partial charge in [-0.2, -0.15) is 4.98 Å². The van der Waals surface area contributed by atoms with Gasteiger partial charge in [-0.05, 0) is 11.2 Å². The van der Waals surface area contributed by atoms with Crippen molar-refractivity contribution in [2.24, 2.45) is 0 Å². The lowest BCUT2D eigenvalue weighted by atomic mass is 10.1. The zero-order chi connectivity index (χ0) is 17.9. The van der Waals surface area contributed by atoms with Crippen molar-refractivity contribution in [2.45, 2.75) is 6.54 Å². The molecule has 130 valence electrons. The van der Waals surface area contributed by atoms with E-state index in [1.54, 1.807) is 4.90 Å². The smallest absolute Gasteiger partial charge is 0.265 e. The van der Waals surface area contributed by atoms with Crippen LogP contribution in [0.2, 0.25) is 0 Å². The minimum atomic E-state index is 0.355. The molecule has 0 amide bonds. The molecule has 0 saturated heterocycles. The molecule has 4 aromatic rings. The Labute approximate surface area is 150 Å². The van der Waals surface area contributed by atoms with Crippen molar-refractivity contribution in [3.8, 4) is 11.3 Å². The minimum absolute atomic E-state index is 0.355. The average Bonchev–Trinajstić information content (AvgIpc) is 3.16. The molecule has 2 heterocycles. The van der Waals surface area contributed by atoms with E-state index in [2.05, 4.69) is 20.4 Å². The zero-order valence-electron chi connectivity index (χ0n) is 14.5. The second-order valence-corrected chi connectivity index (χ2v) is 6.02. The maximum absolute atomic E-state index is 5.23. The predicted octanol–water partition coefficient (Wildman–Crippen LogP) is 3.36. The average molecular weight is 346 g/mol. The lowest BCUT2D eigenvalue weighted by molar-refractivity contribution is 0.383. The third kappa shape index (κ3) is 3.19. The van der Waals surface area contributed by atoms with Crippen LogP contribution in [0.4, 0.5) is 11.9 Å². The first-order chi connectivity index (χ1) is 12.7. The molecule has 0 bridgehead atoms. The molecular formula is C19H18N6O. The van der Waals surface area contributed by atoms with Gasteiger partial charge in [-0.1, -0.05) is 48.5 Å². The molecule has 0 aliphatic carbocycles. The highest BCUT2D eigenvalue weighted by Gasteiger charge is 2.11. The van der Waals surface area contributed by atoms with E-state index in [0.717, 1.165) is 22.2 Å². The van der Waals surface area contributed by atoms with Gasteiger partial charge >= 0.3 is 0 Å². The Morgan fingerprint density at radius 3 is 2.46 bits per heavy atom. The summed E-state index contributed by atoms with van der Waals surface area (Å²) in [6, 6.07) is 18.0. The Bertz CT molecular complexity index is 1030. The molecule has 26 heavy (non-hydrogen) atoms. The summed E-state index contributed by atoms with van der Waals surface area (Å²) in [6.45, 7) is 0.355. The highest BCUT2D eigenvalue weighted by Crippen LogP contribution is 2.27. The molecule has 1 N–H and O–H groups in total. The number of anilines is 2. The van der Waals surface area contributed by atoms with Gasteiger partial charge in [0.15, 0.2) is 0 Å². The first-order valence-electron chi connectivity index (χ1n) is 8.27. The van der Waals surface area contributed by atoms with Gasteiger partial charge in [-0.15, -0.1) is 0 Å². The summed E-state index contributed by atoms with van der Waals surface area (Å²) >= 11 is 0. The molecule has 0 spiro atoms. The minimum Gasteiger partial charge on any atom is -0.345 e. The number of hydrogen-bond acceptors (Lipinski definition) is 7. The van der Waals surface area contributed by atoms with Crippen molar-refractivity contribution in [3.63, 3.8) is 0 Å². The van der Waals surface area contributed by atoms with Crippen molar-refractivity contribution in [1.29, 1.82) is 0 Å². The molecule has 4 rings (SSSR count). The number of hydrogen-bond donors (Lipinski definition) is 1. The van der Waals surface area contributed by atoms with E-state index in [-0.39, 0.29) is 0 Å². The quantitative estimate of drug-likeness (QED) is 0.593. The van der Waals surface area contributed by atoms with Gasteiger partial charge in [0, 0.05) is 25.0 Å². The number of para-hydroxylation sites is 1. The van der Waals surface area contributed by atoms with Crippen LogP contribution in [0.1, 0.15) is 5.89 Å². The van der Waals surface area contributed by atoms with Gasteiger partial charge in [0.1, 0.15) is 0 Å². The molecule has 0 fully saturated rings. The van der Waals surface area contributed by atoms with Gasteiger partial charge in [-0.25, -0.2) is 9.97 Å². The second-order valence-electron chi connectivity index (χ2n) is 6.02. The number of nitrogens with zero attached hydrogens (tertiary/aromatic N) is 5. The summed E-state index contributed by atoms with van der Waals surface area (Å²) in [7, 11) is 3.72. The number of nitrogens with one attached hydrogen (secondary N) is 1. The monoisotopic (exact) mass is 346 g/mol. The molecule has 0 saturated carbocycles. The topological polar surface area (TPSA) is 80.0 Å². The fraction of sp³-hybridized carbons (Fsp3) is 0.158. The molecule has 0 atom stereocenters. The van der Waals surface area contributed by atoms with E-state index in [4.69, 9.17) is 9.51 Å². The maximum atomic E-state index is 5.23. The lowest BCUT2D eigenvalue weighted by Gasteiger charge is -2.09. The second kappa shape index (κ2) is 6.79. The van der Waals surface area contributed by atoms with Crippen LogP contribution in [0, 0.1) is 0 Å². The van der Waals surface area contributed by atoms with Crippen LogP contribution < -0.4 is 10.2 Å². The Balaban J connectivity index is 1.67. The van der Waals surface area contributed by atoms with Crippen molar-refractivity contribution in [1.82, 2.24) is 20.1 Å². The fourth-order valence-corrected chi connectivity index (χ4v) is 2.63. The largest absolute Gasteiger partial charge is 0.345 e. The van der Waals surface area contributed by atoms with E-state index in [1.165, 1.54) is 0 Å². The first-order valence-corrected chi connectivity index (χ1v) is 8.27. The van der Waals surface area contributed by atoms with E-state index < -0.39 is 0 Å². The van der Waals surface area contributed by atoms with Crippen LogP contribution >= 0.6 is 0 Å². The number of aromatic nitrogens is 4. The zero-order valence-corrected chi connectivity index (χ0v) is 14.5. The van der Waals surface area contributed by atoms with E-state index in [1.807, 2.05) is 68.7 Å². The number of benzene rings is 2. The molecule has 0 aliphatic rings. The molecule has 2 aromatic carbocycles.